The van der Waals surface area contributed by atoms with E-state index in [2.05, 4.69) is 25.5 Å². The van der Waals surface area contributed by atoms with E-state index in [0.29, 0.717) is 31.3 Å². The van der Waals surface area contributed by atoms with Gasteiger partial charge >= 0.3 is 12.4 Å². The van der Waals surface area contributed by atoms with Crippen molar-refractivity contribution < 1.29 is 31.1 Å². The Kier molecular flexibility index (Phi) is 5.17. The lowest BCUT2D eigenvalue weighted by Crippen LogP contribution is -2.34. The first-order valence-electron chi connectivity index (χ1n) is 9.34. The van der Waals surface area contributed by atoms with Crippen LogP contribution in [-0.4, -0.2) is 35.4 Å². The van der Waals surface area contributed by atoms with E-state index in [1.165, 1.54) is 17.8 Å². The number of nitrogens with zero attached hydrogens (tertiary/aromatic N) is 6. The van der Waals surface area contributed by atoms with Crippen LogP contribution in [0.1, 0.15) is 46.6 Å². The van der Waals surface area contributed by atoms with Crippen LogP contribution >= 0.6 is 0 Å². The number of pyridine rings is 1. The van der Waals surface area contributed by atoms with Crippen molar-refractivity contribution >= 4 is 5.91 Å². The van der Waals surface area contributed by atoms with Crippen LogP contribution in [0.25, 0.3) is 11.4 Å². The number of fused-ring (bicyclic) bond motifs is 1. The second kappa shape index (κ2) is 7.60. The van der Waals surface area contributed by atoms with Crippen LogP contribution < -0.4 is 5.32 Å². The van der Waals surface area contributed by atoms with E-state index in [4.69, 9.17) is 0 Å². The molecule has 0 saturated heterocycles. The Morgan fingerprint density at radius 1 is 1.09 bits per heavy atom. The zero-order chi connectivity index (χ0) is 23.3. The van der Waals surface area contributed by atoms with Crippen LogP contribution in [0.2, 0.25) is 0 Å². The molecule has 1 amide bonds. The molecular weight excluding hydrogens is 444 g/mol. The third-order valence-electron chi connectivity index (χ3n) is 4.89. The van der Waals surface area contributed by atoms with Gasteiger partial charge in [-0.1, -0.05) is 0 Å². The molecule has 4 heterocycles. The molecule has 0 bridgehead atoms. The van der Waals surface area contributed by atoms with Gasteiger partial charge in [0.25, 0.3) is 5.91 Å². The van der Waals surface area contributed by atoms with E-state index in [-0.39, 0.29) is 17.1 Å². The molecule has 3 aromatic heterocycles. The fourth-order valence-electron chi connectivity index (χ4n) is 3.38. The number of hydrogen-bond acceptors (Lipinski definition) is 5. The third kappa shape index (κ3) is 4.16. The molecule has 4 rings (SSSR count). The van der Waals surface area contributed by atoms with E-state index in [1.54, 1.807) is 0 Å². The Hall–Kier alpha value is -3.45. The fraction of sp³-hybridized carbons (Fsp3) is 0.389. The largest absolute Gasteiger partial charge is 0.435 e. The molecule has 1 aliphatic rings. The number of amides is 1. The highest BCUT2D eigenvalue weighted by Crippen LogP contribution is 2.32. The molecule has 1 aliphatic heterocycles. The van der Waals surface area contributed by atoms with Crippen molar-refractivity contribution in [2.24, 2.45) is 7.05 Å². The van der Waals surface area contributed by atoms with E-state index < -0.39 is 35.7 Å². The van der Waals surface area contributed by atoms with Gasteiger partial charge in [-0.25, -0.2) is 9.67 Å². The maximum atomic E-state index is 13.0. The second-order valence-corrected chi connectivity index (χ2v) is 7.15. The quantitative estimate of drug-likeness (QED) is 0.607. The summed E-state index contributed by atoms with van der Waals surface area (Å²) in [7, 11) is 1.22. The van der Waals surface area contributed by atoms with Gasteiger partial charge in [-0.3, -0.25) is 14.5 Å². The van der Waals surface area contributed by atoms with Gasteiger partial charge in [0.1, 0.15) is 17.2 Å². The molecule has 0 spiro atoms. The molecule has 0 aliphatic carbocycles. The number of halogens is 6. The lowest BCUT2D eigenvalue weighted by molar-refractivity contribution is -0.142. The molecule has 1 atom stereocenters. The number of alkyl halides is 6. The molecule has 1 N–H and O–H groups in total. The Labute approximate surface area is 176 Å². The third-order valence-corrected chi connectivity index (χ3v) is 4.89. The van der Waals surface area contributed by atoms with E-state index in [9.17, 15) is 31.1 Å². The standard InChI is InChI=1S/C18H15F6N7O/c1-30-11(8-13(28-30)18(22,23)24)16(32)26-10-3-2-6-31-15(10)27-14(29-31)9-4-5-25-12(7-9)17(19,20)21/h4-5,7-8,10H,2-3,6H2,1H3,(H,26,32)/t10-/m0/s1. The summed E-state index contributed by atoms with van der Waals surface area (Å²) in [6.07, 6.45) is -7.33. The Balaban J connectivity index is 1.60. The normalized spacial score (nSPS) is 16.7. The summed E-state index contributed by atoms with van der Waals surface area (Å²) in [6.45, 7) is 0.426. The molecular formula is C18H15F6N7O. The van der Waals surface area contributed by atoms with Gasteiger partial charge in [0.05, 0.1) is 6.04 Å². The summed E-state index contributed by atoms with van der Waals surface area (Å²) in [4.78, 5) is 20.2. The van der Waals surface area contributed by atoms with Gasteiger partial charge in [-0.2, -0.15) is 36.5 Å². The minimum absolute atomic E-state index is 0.0222. The zero-order valence-electron chi connectivity index (χ0n) is 16.4. The van der Waals surface area contributed by atoms with Crippen molar-refractivity contribution in [3.05, 3.63) is 47.3 Å². The molecule has 32 heavy (non-hydrogen) atoms. The molecule has 0 radical (unpaired) electrons. The number of carbonyl (C=O) groups excluding carboxylic acids is 1. The Morgan fingerprint density at radius 3 is 2.47 bits per heavy atom. The summed E-state index contributed by atoms with van der Waals surface area (Å²) in [5, 5.41) is 10.1. The van der Waals surface area contributed by atoms with E-state index in [0.717, 1.165) is 16.9 Å². The topological polar surface area (TPSA) is 90.5 Å². The number of aromatic nitrogens is 6. The van der Waals surface area contributed by atoms with E-state index >= 15 is 0 Å². The second-order valence-electron chi connectivity index (χ2n) is 7.15. The summed E-state index contributed by atoms with van der Waals surface area (Å²) >= 11 is 0. The molecule has 0 unspecified atom stereocenters. The number of carbonyl (C=O) groups is 1. The van der Waals surface area contributed by atoms with Gasteiger partial charge in [0.2, 0.25) is 0 Å². The maximum absolute atomic E-state index is 13.0. The summed E-state index contributed by atoms with van der Waals surface area (Å²) < 4.78 is 79.7. The van der Waals surface area contributed by atoms with Crippen molar-refractivity contribution in [1.29, 1.82) is 0 Å². The SMILES string of the molecule is Cn1nc(C(F)(F)F)cc1C(=O)N[C@H]1CCCn2nc(-c3ccnc(C(F)(F)F)c3)nc21. The lowest BCUT2D eigenvalue weighted by atomic mass is 10.1. The molecule has 170 valence electrons. The Morgan fingerprint density at radius 2 is 1.81 bits per heavy atom. The van der Waals surface area contributed by atoms with Crippen LogP contribution in [0.4, 0.5) is 26.3 Å². The number of nitrogens with one attached hydrogen (secondary N) is 1. The molecule has 3 aromatic rings. The number of hydrogen-bond donors (Lipinski definition) is 1. The monoisotopic (exact) mass is 459 g/mol. The van der Waals surface area contributed by atoms with Crippen molar-refractivity contribution in [2.45, 2.75) is 37.8 Å². The first-order valence-corrected chi connectivity index (χ1v) is 9.34. The first-order chi connectivity index (χ1) is 14.9. The summed E-state index contributed by atoms with van der Waals surface area (Å²) in [5.74, 6) is -0.473. The number of aryl methyl sites for hydroxylation is 2. The molecule has 8 nitrogen and oxygen atoms in total. The van der Waals surface area contributed by atoms with Gasteiger partial charge in [-0.15, -0.1) is 0 Å². The van der Waals surface area contributed by atoms with Crippen LogP contribution in [0.3, 0.4) is 0 Å². The average Bonchev–Trinajstić information content (AvgIpc) is 3.32. The zero-order valence-corrected chi connectivity index (χ0v) is 16.4. The highest BCUT2D eigenvalue weighted by molar-refractivity contribution is 5.93. The lowest BCUT2D eigenvalue weighted by Gasteiger charge is -2.22. The van der Waals surface area contributed by atoms with Gasteiger partial charge in [0.15, 0.2) is 11.5 Å². The fourth-order valence-corrected chi connectivity index (χ4v) is 3.38. The average molecular weight is 459 g/mol. The van der Waals surface area contributed by atoms with Crippen LogP contribution in [0, 0.1) is 0 Å². The van der Waals surface area contributed by atoms with Crippen LogP contribution in [0.15, 0.2) is 24.4 Å². The van der Waals surface area contributed by atoms with Crippen LogP contribution in [-0.2, 0) is 25.9 Å². The highest BCUT2D eigenvalue weighted by atomic mass is 19.4. The summed E-state index contributed by atoms with van der Waals surface area (Å²) in [5.41, 5.74) is -2.49. The highest BCUT2D eigenvalue weighted by Gasteiger charge is 2.36. The number of rotatable bonds is 3. The smallest absolute Gasteiger partial charge is 0.341 e. The Bertz CT molecular complexity index is 1160. The van der Waals surface area contributed by atoms with Gasteiger partial charge in [0, 0.05) is 31.4 Å². The minimum Gasteiger partial charge on any atom is -0.341 e. The molecule has 0 aromatic carbocycles. The molecule has 0 fully saturated rings. The molecule has 14 heteroatoms. The van der Waals surface area contributed by atoms with Gasteiger partial charge in [-0.05, 0) is 25.0 Å². The van der Waals surface area contributed by atoms with Crippen LogP contribution in [0.5, 0.6) is 0 Å². The minimum atomic E-state index is -4.70. The predicted octanol–water partition coefficient (Wildman–Crippen LogP) is 3.38. The van der Waals surface area contributed by atoms with Crippen molar-refractivity contribution in [3.8, 4) is 11.4 Å². The van der Waals surface area contributed by atoms with E-state index in [1.807, 2.05) is 0 Å². The summed E-state index contributed by atoms with van der Waals surface area (Å²) in [6, 6.07) is 2.11. The van der Waals surface area contributed by atoms with Crippen molar-refractivity contribution in [3.63, 3.8) is 0 Å². The van der Waals surface area contributed by atoms with Crippen molar-refractivity contribution in [1.82, 2.24) is 34.8 Å². The maximum Gasteiger partial charge on any atom is 0.435 e. The first kappa shape index (κ1) is 21.8. The van der Waals surface area contributed by atoms with Gasteiger partial charge < -0.3 is 5.32 Å². The van der Waals surface area contributed by atoms with Crippen molar-refractivity contribution in [2.75, 3.05) is 0 Å². The predicted molar refractivity (Wildman–Crippen MR) is 95.9 cm³/mol. The molecule has 0 saturated carbocycles.